The molecule has 25 heavy (non-hydrogen) atoms. The summed E-state index contributed by atoms with van der Waals surface area (Å²) < 4.78 is 28.2. The van der Waals surface area contributed by atoms with Crippen LogP contribution in [0.3, 0.4) is 0 Å². The van der Waals surface area contributed by atoms with Gasteiger partial charge in [-0.2, -0.15) is 4.98 Å². The smallest absolute Gasteiger partial charge is 1.00 e. The second kappa shape index (κ2) is 8.61. The number of hydrogen-bond donors (Lipinski definition) is 1. The Balaban J connectivity index is 0.00000169. The summed E-state index contributed by atoms with van der Waals surface area (Å²) in [6.07, 6.45) is 1.58. The van der Waals surface area contributed by atoms with Gasteiger partial charge in [0.05, 0.1) is 49.1 Å². The van der Waals surface area contributed by atoms with Crippen LogP contribution < -0.4 is 43.8 Å². The van der Waals surface area contributed by atoms with E-state index in [1.54, 1.807) is 24.4 Å². The van der Waals surface area contributed by atoms with Crippen molar-refractivity contribution in [3.63, 3.8) is 0 Å². The molecule has 0 spiro atoms. The van der Waals surface area contributed by atoms with E-state index >= 15 is 0 Å². The van der Waals surface area contributed by atoms with Gasteiger partial charge in [0.25, 0.3) is 0 Å². The van der Waals surface area contributed by atoms with Gasteiger partial charge in [0.1, 0.15) is 0 Å². The Morgan fingerprint density at radius 1 is 1.12 bits per heavy atom. The molecule has 0 unspecified atom stereocenters. The summed E-state index contributed by atoms with van der Waals surface area (Å²) in [5.74, 6) is 1.58. The maximum absolute atomic E-state index is 12.6. The largest absolute Gasteiger partial charge is 1.00 e. The second-order valence-electron chi connectivity index (χ2n) is 4.75. The average molecular weight is 372 g/mol. The Hall–Kier alpha value is -1.68. The summed E-state index contributed by atoms with van der Waals surface area (Å²) >= 11 is 0. The molecule has 3 aromatic rings. The molecule has 0 amide bonds. The number of aromatic amines is 1. The third-order valence-corrected chi connectivity index (χ3v) is 4.52. The van der Waals surface area contributed by atoms with Crippen LogP contribution in [0.4, 0.5) is 0 Å². The minimum absolute atomic E-state index is 0. The molecule has 0 saturated carbocycles. The number of pyridine rings is 2. The van der Waals surface area contributed by atoms with Crippen LogP contribution in [-0.4, -0.2) is 45.5 Å². The molecule has 0 aliphatic rings. The van der Waals surface area contributed by atoms with Crippen molar-refractivity contribution in [1.82, 2.24) is 19.9 Å². The van der Waals surface area contributed by atoms with E-state index < -0.39 is 10.8 Å². The maximum Gasteiger partial charge on any atom is 1.00 e. The van der Waals surface area contributed by atoms with E-state index in [4.69, 9.17) is 14.2 Å². The fourth-order valence-electron chi connectivity index (χ4n) is 2.22. The van der Waals surface area contributed by atoms with Gasteiger partial charge in [-0.15, -0.1) is 0 Å². The zero-order valence-electron chi connectivity index (χ0n) is 15.4. The summed E-state index contributed by atoms with van der Waals surface area (Å²) in [5, 5.41) is 0.317. The van der Waals surface area contributed by atoms with Crippen LogP contribution >= 0.6 is 0 Å². The third kappa shape index (κ3) is 4.12. The van der Waals surface area contributed by atoms with Crippen molar-refractivity contribution in [2.75, 3.05) is 21.3 Å². The first kappa shape index (κ1) is 19.6. The van der Waals surface area contributed by atoms with Gasteiger partial charge in [-0.25, -0.2) is 4.98 Å². The quantitative estimate of drug-likeness (QED) is 0.543. The molecule has 3 aromatic heterocycles. The Morgan fingerprint density at radius 2 is 1.92 bits per heavy atom. The SMILES string of the molecule is COc1ccc2[nH]c([S@@](=O)Cc3nccc(OC)c3OC)nc2n1.[H-].[Na+]. The first-order valence-corrected chi connectivity index (χ1v) is 8.33. The Morgan fingerprint density at radius 3 is 2.60 bits per heavy atom. The number of rotatable bonds is 6. The van der Waals surface area contributed by atoms with Gasteiger partial charge in [0.2, 0.25) is 5.88 Å². The fourth-order valence-corrected chi connectivity index (χ4v) is 3.22. The number of hydrogen-bond acceptors (Lipinski definition) is 7. The van der Waals surface area contributed by atoms with Crippen LogP contribution in [0.2, 0.25) is 0 Å². The molecule has 0 fully saturated rings. The molecule has 0 aliphatic carbocycles. The van der Waals surface area contributed by atoms with Crippen LogP contribution in [0.5, 0.6) is 17.4 Å². The number of imidazole rings is 1. The summed E-state index contributed by atoms with van der Waals surface area (Å²) in [6.45, 7) is 0. The van der Waals surface area contributed by atoms with Gasteiger partial charge in [-0.05, 0) is 6.07 Å². The van der Waals surface area contributed by atoms with Crippen molar-refractivity contribution >= 4 is 22.0 Å². The van der Waals surface area contributed by atoms with Crippen molar-refractivity contribution in [1.29, 1.82) is 0 Å². The molecule has 10 heteroatoms. The molecule has 1 atom stereocenters. The fraction of sp³-hybridized carbons (Fsp3) is 0.267. The predicted molar refractivity (Wildman–Crippen MR) is 89.0 cm³/mol. The predicted octanol–water partition coefficient (Wildman–Crippen LogP) is -1.20. The second-order valence-corrected chi connectivity index (χ2v) is 6.12. The van der Waals surface area contributed by atoms with Crippen LogP contribution in [0.1, 0.15) is 7.12 Å². The van der Waals surface area contributed by atoms with Gasteiger partial charge in [0, 0.05) is 18.3 Å². The van der Waals surface area contributed by atoms with Crippen LogP contribution in [-0.2, 0) is 16.6 Å². The standard InChI is InChI=1S/C15H16N4O4S.Na.H/c1-21-11-6-7-16-10(13(11)23-3)8-24(20)15-17-9-4-5-12(22-2)18-14(9)19-15;;/h4-7H,8H2,1-3H3,(H,17,18,19);;/q;+1;-1/t24-;;/m0../s1. The molecule has 1 N–H and O–H groups in total. The van der Waals surface area contributed by atoms with E-state index in [-0.39, 0.29) is 36.7 Å². The molecule has 128 valence electrons. The van der Waals surface area contributed by atoms with E-state index in [0.29, 0.717) is 39.4 Å². The minimum Gasteiger partial charge on any atom is -1.00 e. The van der Waals surface area contributed by atoms with Gasteiger partial charge in [-0.1, -0.05) is 0 Å². The molecule has 0 aromatic carbocycles. The number of aromatic nitrogens is 4. The average Bonchev–Trinajstić information content (AvgIpc) is 3.04. The number of fused-ring (bicyclic) bond motifs is 1. The Kier molecular flexibility index (Phi) is 6.77. The van der Waals surface area contributed by atoms with E-state index in [1.165, 1.54) is 21.3 Å². The Bertz CT molecular complexity index is 908. The third-order valence-electron chi connectivity index (χ3n) is 3.36. The molecule has 0 aliphatic heterocycles. The van der Waals surface area contributed by atoms with Gasteiger partial charge in [-0.3, -0.25) is 9.19 Å². The van der Waals surface area contributed by atoms with Gasteiger partial charge >= 0.3 is 29.6 Å². The van der Waals surface area contributed by atoms with Crippen molar-refractivity contribution in [2.24, 2.45) is 0 Å². The number of methoxy groups -OCH3 is 3. The molecule has 0 saturated heterocycles. The summed E-state index contributed by atoms with van der Waals surface area (Å²) in [5.41, 5.74) is 1.66. The van der Waals surface area contributed by atoms with Gasteiger partial charge in [0.15, 0.2) is 22.3 Å². The van der Waals surface area contributed by atoms with Crippen molar-refractivity contribution in [3.8, 4) is 17.4 Å². The zero-order chi connectivity index (χ0) is 17.1. The molecule has 3 rings (SSSR count). The maximum atomic E-state index is 12.6. The topological polar surface area (TPSA) is 99.2 Å². The molecule has 8 nitrogen and oxygen atoms in total. The van der Waals surface area contributed by atoms with Crippen LogP contribution in [0.15, 0.2) is 29.6 Å². The zero-order valence-corrected chi connectivity index (χ0v) is 17.2. The van der Waals surface area contributed by atoms with Crippen LogP contribution in [0, 0.1) is 0 Å². The van der Waals surface area contributed by atoms with Crippen molar-refractivity contribution < 1.29 is 49.4 Å². The van der Waals surface area contributed by atoms with E-state index in [1.807, 2.05) is 0 Å². The number of nitrogens with one attached hydrogen (secondary N) is 1. The van der Waals surface area contributed by atoms with E-state index in [2.05, 4.69) is 19.9 Å². The molecule has 0 bridgehead atoms. The minimum atomic E-state index is -1.44. The first-order valence-electron chi connectivity index (χ1n) is 7.01. The molecule has 0 radical (unpaired) electrons. The summed E-state index contributed by atoms with van der Waals surface area (Å²) in [6, 6.07) is 5.17. The van der Waals surface area contributed by atoms with E-state index in [9.17, 15) is 4.21 Å². The van der Waals surface area contributed by atoms with Crippen molar-refractivity contribution in [2.45, 2.75) is 10.9 Å². The molecular weight excluding hydrogens is 355 g/mol. The van der Waals surface area contributed by atoms with Crippen molar-refractivity contribution in [3.05, 3.63) is 30.1 Å². The summed E-state index contributed by atoms with van der Waals surface area (Å²) in [4.78, 5) is 15.7. The normalized spacial score (nSPS) is 11.6. The van der Waals surface area contributed by atoms with Crippen LogP contribution in [0.25, 0.3) is 11.2 Å². The van der Waals surface area contributed by atoms with Gasteiger partial charge < -0.3 is 20.6 Å². The number of H-pyrrole nitrogens is 1. The monoisotopic (exact) mass is 372 g/mol. The van der Waals surface area contributed by atoms with E-state index in [0.717, 1.165) is 0 Å². The molecular formula is C15H17N4NaO4S. The Labute approximate surface area is 170 Å². The number of nitrogens with zero attached hydrogens (tertiary/aromatic N) is 3. The first-order chi connectivity index (χ1) is 11.7. The molecule has 3 heterocycles. The summed E-state index contributed by atoms with van der Waals surface area (Å²) in [7, 11) is 3.14. The number of ether oxygens (including phenoxy) is 3.